The van der Waals surface area contributed by atoms with Gasteiger partial charge in [0.05, 0.1) is 5.69 Å². The standard InChI is InChI=1S/C18H16F3N3O2/c1-11-7-8-24(11)17-22-14(10-15(23-17)18(19,20)21)13-4-2-3-12(9-13)5-6-16(25)26/h2-6,9-11H,7-8H2,1H3,(H,25,26)/b6-5+/t11-/m0/s1. The molecule has 0 spiro atoms. The van der Waals surface area contributed by atoms with Crippen molar-refractivity contribution in [3.05, 3.63) is 47.7 Å². The van der Waals surface area contributed by atoms with Gasteiger partial charge in [0.25, 0.3) is 0 Å². The van der Waals surface area contributed by atoms with Crippen LogP contribution >= 0.6 is 0 Å². The molecule has 1 aliphatic rings. The van der Waals surface area contributed by atoms with E-state index in [4.69, 9.17) is 5.11 Å². The zero-order valence-corrected chi connectivity index (χ0v) is 13.9. The normalized spacial score (nSPS) is 17.4. The van der Waals surface area contributed by atoms with E-state index in [1.54, 1.807) is 29.2 Å². The Bertz CT molecular complexity index is 865. The number of alkyl halides is 3. The number of aromatic nitrogens is 2. The van der Waals surface area contributed by atoms with Crippen molar-refractivity contribution in [2.75, 3.05) is 11.4 Å². The van der Waals surface area contributed by atoms with Crippen LogP contribution < -0.4 is 4.90 Å². The minimum atomic E-state index is -4.58. The van der Waals surface area contributed by atoms with Crippen molar-refractivity contribution in [3.63, 3.8) is 0 Å². The van der Waals surface area contributed by atoms with E-state index >= 15 is 0 Å². The van der Waals surface area contributed by atoms with Crippen LogP contribution in [0.2, 0.25) is 0 Å². The van der Waals surface area contributed by atoms with Crippen LogP contribution in [0.5, 0.6) is 0 Å². The molecule has 1 saturated heterocycles. The SMILES string of the molecule is C[C@H]1CCN1c1nc(-c2cccc(/C=C/C(=O)O)c2)cc(C(F)(F)F)n1. The van der Waals surface area contributed by atoms with Gasteiger partial charge < -0.3 is 10.0 Å². The molecule has 0 radical (unpaired) electrons. The smallest absolute Gasteiger partial charge is 0.433 e. The molecule has 5 nitrogen and oxygen atoms in total. The van der Waals surface area contributed by atoms with Crippen LogP contribution in [0.25, 0.3) is 17.3 Å². The highest BCUT2D eigenvalue weighted by atomic mass is 19.4. The molecule has 26 heavy (non-hydrogen) atoms. The summed E-state index contributed by atoms with van der Waals surface area (Å²) in [5.74, 6) is -1.05. The summed E-state index contributed by atoms with van der Waals surface area (Å²) in [4.78, 5) is 20.3. The van der Waals surface area contributed by atoms with Crippen molar-refractivity contribution in [1.29, 1.82) is 0 Å². The lowest BCUT2D eigenvalue weighted by Gasteiger charge is -2.39. The molecule has 0 amide bonds. The first kappa shape index (κ1) is 17.9. The van der Waals surface area contributed by atoms with Gasteiger partial charge in [-0.1, -0.05) is 18.2 Å². The number of anilines is 1. The zero-order chi connectivity index (χ0) is 18.9. The Balaban J connectivity index is 2.05. The third-order valence-corrected chi connectivity index (χ3v) is 4.18. The highest BCUT2D eigenvalue weighted by molar-refractivity contribution is 5.85. The van der Waals surface area contributed by atoms with Gasteiger partial charge in [-0.05, 0) is 37.1 Å². The second kappa shape index (κ2) is 6.78. The van der Waals surface area contributed by atoms with E-state index in [9.17, 15) is 18.0 Å². The first-order chi connectivity index (χ1) is 12.2. The Morgan fingerprint density at radius 2 is 2.08 bits per heavy atom. The molecule has 136 valence electrons. The summed E-state index contributed by atoms with van der Waals surface area (Å²) in [5.41, 5.74) is 0.158. The van der Waals surface area contributed by atoms with Crippen molar-refractivity contribution in [2.45, 2.75) is 25.6 Å². The molecule has 0 unspecified atom stereocenters. The molecule has 0 saturated carbocycles. The quantitative estimate of drug-likeness (QED) is 0.836. The second-order valence-electron chi connectivity index (χ2n) is 6.06. The lowest BCUT2D eigenvalue weighted by Crippen LogP contribution is -2.46. The molecule has 2 heterocycles. The molecule has 0 aliphatic carbocycles. The second-order valence-corrected chi connectivity index (χ2v) is 6.06. The molecular weight excluding hydrogens is 347 g/mol. The predicted molar refractivity (Wildman–Crippen MR) is 90.6 cm³/mol. The molecule has 0 bridgehead atoms. The van der Waals surface area contributed by atoms with Gasteiger partial charge in [-0.25, -0.2) is 14.8 Å². The van der Waals surface area contributed by atoms with E-state index in [0.29, 0.717) is 17.7 Å². The van der Waals surface area contributed by atoms with Crippen LogP contribution in [-0.2, 0) is 11.0 Å². The Kier molecular flexibility index (Phi) is 4.67. The number of aliphatic carboxylic acids is 1. The first-order valence-corrected chi connectivity index (χ1v) is 7.98. The number of benzene rings is 1. The minimum Gasteiger partial charge on any atom is -0.478 e. The fourth-order valence-electron chi connectivity index (χ4n) is 2.64. The number of carbonyl (C=O) groups is 1. The van der Waals surface area contributed by atoms with E-state index in [-0.39, 0.29) is 17.7 Å². The number of hydrogen-bond donors (Lipinski definition) is 1. The third kappa shape index (κ3) is 3.84. The van der Waals surface area contributed by atoms with E-state index in [1.165, 1.54) is 6.08 Å². The Morgan fingerprint density at radius 1 is 1.31 bits per heavy atom. The maximum atomic E-state index is 13.2. The van der Waals surface area contributed by atoms with Crippen LogP contribution in [0.15, 0.2) is 36.4 Å². The number of hydrogen-bond acceptors (Lipinski definition) is 4. The Labute approximate surface area is 147 Å². The molecule has 1 aliphatic heterocycles. The highest BCUT2D eigenvalue weighted by Crippen LogP contribution is 2.33. The van der Waals surface area contributed by atoms with Gasteiger partial charge in [0, 0.05) is 24.2 Å². The van der Waals surface area contributed by atoms with Gasteiger partial charge in [0.15, 0.2) is 5.69 Å². The van der Waals surface area contributed by atoms with E-state index in [2.05, 4.69) is 9.97 Å². The summed E-state index contributed by atoms with van der Waals surface area (Å²) >= 11 is 0. The van der Waals surface area contributed by atoms with E-state index in [1.807, 2.05) is 6.92 Å². The average molecular weight is 363 g/mol. The van der Waals surface area contributed by atoms with Crippen LogP contribution in [0.4, 0.5) is 19.1 Å². The van der Waals surface area contributed by atoms with Gasteiger partial charge >= 0.3 is 12.1 Å². The molecule has 1 atom stereocenters. The van der Waals surface area contributed by atoms with Crippen LogP contribution in [0.3, 0.4) is 0 Å². The number of carboxylic acid groups (broad SMARTS) is 1. The van der Waals surface area contributed by atoms with E-state index in [0.717, 1.165) is 18.6 Å². The largest absolute Gasteiger partial charge is 0.478 e. The summed E-state index contributed by atoms with van der Waals surface area (Å²) in [7, 11) is 0. The number of nitrogens with zero attached hydrogens (tertiary/aromatic N) is 3. The fraction of sp³-hybridized carbons (Fsp3) is 0.278. The molecule has 1 fully saturated rings. The summed E-state index contributed by atoms with van der Waals surface area (Å²) in [5, 5.41) is 8.70. The third-order valence-electron chi connectivity index (χ3n) is 4.18. The van der Waals surface area contributed by atoms with Gasteiger partial charge in [0.2, 0.25) is 5.95 Å². The van der Waals surface area contributed by atoms with Crippen molar-refractivity contribution in [3.8, 4) is 11.3 Å². The minimum absolute atomic E-state index is 0.0556. The Morgan fingerprint density at radius 3 is 2.65 bits per heavy atom. The van der Waals surface area contributed by atoms with Crippen molar-refractivity contribution in [1.82, 2.24) is 9.97 Å². The predicted octanol–water partition coefficient (Wildman–Crippen LogP) is 3.86. The summed E-state index contributed by atoms with van der Waals surface area (Å²) in [6.07, 6.45) is -1.37. The highest BCUT2D eigenvalue weighted by Gasteiger charge is 2.35. The van der Waals surface area contributed by atoms with Crippen molar-refractivity contribution >= 4 is 18.0 Å². The molecule has 1 N–H and O–H groups in total. The van der Waals surface area contributed by atoms with Crippen LogP contribution in [0, 0.1) is 0 Å². The van der Waals surface area contributed by atoms with Gasteiger partial charge in [-0.3, -0.25) is 0 Å². The first-order valence-electron chi connectivity index (χ1n) is 7.98. The lowest BCUT2D eigenvalue weighted by atomic mass is 10.1. The molecule has 3 rings (SSSR count). The summed E-state index contributed by atoms with van der Waals surface area (Å²) < 4.78 is 39.7. The van der Waals surface area contributed by atoms with Gasteiger partial charge in [-0.15, -0.1) is 0 Å². The van der Waals surface area contributed by atoms with Crippen LogP contribution in [-0.4, -0.2) is 33.6 Å². The maximum absolute atomic E-state index is 13.2. The summed E-state index contributed by atoms with van der Waals surface area (Å²) in [6.45, 7) is 2.52. The number of carboxylic acids is 1. The monoisotopic (exact) mass is 363 g/mol. The number of halogens is 3. The molecule has 1 aromatic heterocycles. The van der Waals surface area contributed by atoms with Gasteiger partial charge in [0.1, 0.15) is 0 Å². The van der Waals surface area contributed by atoms with Gasteiger partial charge in [-0.2, -0.15) is 13.2 Å². The number of rotatable bonds is 4. The maximum Gasteiger partial charge on any atom is 0.433 e. The van der Waals surface area contributed by atoms with Crippen molar-refractivity contribution in [2.24, 2.45) is 0 Å². The molecule has 8 heteroatoms. The summed E-state index contributed by atoms with van der Waals surface area (Å²) in [6, 6.07) is 7.52. The molecular formula is C18H16F3N3O2. The average Bonchev–Trinajstić information content (AvgIpc) is 2.58. The van der Waals surface area contributed by atoms with Crippen molar-refractivity contribution < 1.29 is 23.1 Å². The van der Waals surface area contributed by atoms with Crippen LogP contribution in [0.1, 0.15) is 24.6 Å². The topological polar surface area (TPSA) is 66.3 Å². The van der Waals surface area contributed by atoms with E-state index < -0.39 is 17.8 Å². The Hall–Kier alpha value is -2.90. The molecule has 2 aromatic rings. The fourth-order valence-corrected chi connectivity index (χ4v) is 2.64. The zero-order valence-electron chi connectivity index (χ0n) is 13.9. The lowest BCUT2D eigenvalue weighted by molar-refractivity contribution is -0.141. The molecule has 1 aromatic carbocycles.